The second-order valence-corrected chi connectivity index (χ2v) is 6.05. The Kier molecular flexibility index (Phi) is 4.27. The van der Waals surface area contributed by atoms with Gasteiger partial charge in [-0.3, -0.25) is 0 Å². The molecule has 1 heterocycles. The third-order valence-corrected chi connectivity index (χ3v) is 4.63. The van der Waals surface area contributed by atoms with E-state index >= 15 is 0 Å². The van der Waals surface area contributed by atoms with E-state index in [1.165, 1.54) is 11.1 Å². The van der Waals surface area contributed by atoms with E-state index in [0.29, 0.717) is 5.56 Å². The van der Waals surface area contributed by atoms with Crippen LogP contribution in [0.15, 0.2) is 53.4 Å². The van der Waals surface area contributed by atoms with E-state index in [1.54, 1.807) is 30.0 Å². The maximum Gasteiger partial charge on any atom is 0.335 e. The van der Waals surface area contributed by atoms with Gasteiger partial charge in [-0.25, -0.2) is 4.79 Å². The molecule has 2 aromatic rings. The van der Waals surface area contributed by atoms with Crippen LogP contribution >= 0.6 is 11.8 Å². The van der Waals surface area contributed by atoms with Gasteiger partial charge in [0.25, 0.3) is 0 Å². The minimum atomic E-state index is -0.892. The zero-order chi connectivity index (χ0) is 14.7. The summed E-state index contributed by atoms with van der Waals surface area (Å²) in [5.74, 6) is -0.100. The quantitative estimate of drug-likeness (QED) is 0.873. The van der Waals surface area contributed by atoms with Crippen molar-refractivity contribution < 1.29 is 14.6 Å². The van der Waals surface area contributed by atoms with Crippen molar-refractivity contribution in [3.05, 3.63) is 65.2 Å². The van der Waals surface area contributed by atoms with E-state index < -0.39 is 5.97 Å². The van der Waals surface area contributed by atoms with Gasteiger partial charge >= 0.3 is 5.97 Å². The third kappa shape index (κ3) is 3.28. The maximum atomic E-state index is 11.0. The van der Waals surface area contributed by atoms with Crippen molar-refractivity contribution in [2.75, 3.05) is 12.4 Å². The summed E-state index contributed by atoms with van der Waals surface area (Å²) in [5.41, 5.74) is 2.93. The first-order chi connectivity index (χ1) is 10.2. The Morgan fingerprint density at radius 1 is 1.24 bits per heavy atom. The highest BCUT2D eigenvalue weighted by Gasteiger charge is 2.20. The molecule has 0 saturated heterocycles. The monoisotopic (exact) mass is 300 g/mol. The Morgan fingerprint density at radius 3 is 2.95 bits per heavy atom. The van der Waals surface area contributed by atoms with Gasteiger partial charge in [0.05, 0.1) is 18.3 Å². The van der Waals surface area contributed by atoms with Crippen LogP contribution in [0.25, 0.3) is 0 Å². The van der Waals surface area contributed by atoms with Crippen LogP contribution in [0.4, 0.5) is 0 Å². The van der Waals surface area contributed by atoms with Gasteiger partial charge in [0, 0.05) is 10.6 Å². The van der Waals surface area contributed by atoms with E-state index in [4.69, 9.17) is 9.84 Å². The molecule has 3 nitrogen and oxygen atoms in total. The molecule has 0 spiro atoms. The predicted octanol–water partition coefficient (Wildman–Crippen LogP) is 3.79. The Labute approximate surface area is 127 Å². The fourth-order valence-corrected chi connectivity index (χ4v) is 3.51. The Bertz CT molecular complexity index is 654. The molecule has 3 rings (SSSR count). The minimum absolute atomic E-state index is 0.0773. The Balaban J connectivity index is 1.71. The molecule has 0 bridgehead atoms. The number of hydrogen-bond acceptors (Lipinski definition) is 3. The zero-order valence-corrected chi connectivity index (χ0v) is 12.3. The van der Waals surface area contributed by atoms with E-state index in [-0.39, 0.29) is 6.10 Å². The van der Waals surface area contributed by atoms with Crippen LogP contribution in [0, 0.1) is 0 Å². The van der Waals surface area contributed by atoms with Crippen molar-refractivity contribution >= 4 is 17.7 Å². The third-order valence-electron chi connectivity index (χ3n) is 3.57. The highest BCUT2D eigenvalue weighted by Crippen LogP contribution is 2.32. The topological polar surface area (TPSA) is 46.5 Å². The van der Waals surface area contributed by atoms with Crippen LogP contribution in [-0.4, -0.2) is 23.4 Å². The highest BCUT2D eigenvalue weighted by molar-refractivity contribution is 7.99. The number of aromatic carboxylic acids is 1. The molecule has 0 fully saturated rings. The first-order valence-corrected chi connectivity index (χ1v) is 7.88. The summed E-state index contributed by atoms with van der Waals surface area (Å²) in [6.45, 7) is 0.747. The molecule has 1 aliphatic heterocycles. The molecule has 21 heavy (non-hydrogen) atoms. The summed E-state index contributed by atoms with van der Waals surface area (Å²) in [7, 11) is 0. The summed E-state index contributed by atoms with van der Waals surface area (Å²) >= 11 is 1.63. The number of thioether (sulfide) groups is 1. The number of carboxylic acid groups (broad SMARTS) is 1. The zero-order valence-electron chi connectivity index (χ0n) is 11.5. The fourth-order valence-electron chi connectivity index (χ4n) is 2.51. The molecule has 1 atom stereocenters. The van der Waals surface area contributed by atoms with Gasteiger partial charge in [0.2, 0.25) is 0 Å². The van der Waals surface area contributed by atoms with Gasteiger partial charge in [-0.1, -0.05) is 30.3 Å². The molecule has 1 aliphatic rings. The van der Waals surface area contributed by atoms with Gasteiger partial charge in [-0.15, -0.1) is 11.8 Å². The molecule has 108 valence electrons. The van der Waals surface area contributed by atoms with Crippen molar-refractivity contribution in [1.82, 2.24) is 0 Å². The van der Waals surface area contributed by atoms with E-state index in [1.807, 2.05) is 12.1 Å². The summed E-state index contributed by atoms with van der Waals surface area (Å²) in [4.78, 5) is 11.9. The lowest BCUT2D eigenvalue weighted by atomic mass is 9.99. The first-order valence-electron chi connectivity index (χ1n) is 6.89. The normalized spacial score (nSPS) is 17.2. The summed E-state index contributed by atoms with van der Waals surface area (Å²) < 4.78 is 5.87. The number of fused-ring (bicyclic) bond motifs is 1. The second kappa shape index (κ2) is 6.33. The number of carbonyl (C=O) groups is 1. The lowest BCUT2D eigenvalue weighted by Gasteiger charge is -2.25. The van der Waals surface area contributed by atoms with Crippen LogP contribution in [0.1, 0.15) is 27.6 Å². The van der Waals surface area contributed by atoms with E-state index in [2.05, 4.69) is 18.2 Å². The summed E-state index contributed by atoms with van der Waals surface area (Å²) in [5, 5.41) is 9.02. The van der Waals surface area contributed by atoms with Crippen LogP contribution in [0.2, 0.25) is 0 Å². The molecule has 0 radical (unpaired) electrons. The molecular formula is C17H16O3S. The lowest BCUT2D eigenvalue weighted by molar-refractivity contribution is 0.0588. The van der Waals surface area contributed by atoms with Crippen molar-refractivity contribution in [3.63, 3.8) is 0 Å². The van der Waals surface area contributed by atoms with Crippen molar-refractivity contribution in [2.45, 2.75) is 17.4 Å². The molecule has 4 heteroatoms. The standard InChI is InChI=1S/C17H16O3S/c18-17(19)13-5-3-6-14(10-13)21-11-16-15-7-2-1-4-12(15)8-9-20-16/h1-7,10,16H,8-9,11H2,(H,18,19). The molecule has 2 aromatic carbocycles. The smallest absolute Gasteiger partial charge is 0.335 e. The largest absolute Gasteiger partial charge is 0.478 e. The fraction of sp³-hybridized carbons (Fsp3) is 0.235. The highest BCUT2D eigenvalue weighted by atomic mass is 32.2. The average molecular weight is 300 g/mol. The van der Waals surface area contributed by atoms with Crippen LogP contribution in [0.5, 0.6) is 0 Å². The van der Waals surface area contributed by atoms with Crippen LogP contribution < -0.4 is 0 Å². The van der Waals surface area contributed by atoms with E-state index in [0.717, 1.165) is 23.7 Å². The first kappa shape index (κ1) is 14.2. The Hall–Kier alpha value is -1.78. The molecule has 0 aromatic heterocycles. The van der Waals surface area contributed by atoms with Gasteiger partial charge in [-0.2, -0.15) is 0 Å². The number of benzene rings is 2. The summed E-state index contributed by atoms with van der Waals surface area (Å²) in [6.07, 6.45) is 1.04. The number of hydrogen-bond donors (Lipinski definition) is 1. The SMILES string of the molecule is O=C(O)c1cccc(SCC2OCCc3ccccc32)c1. The van der Waals surface area contributed by atoms with Crippen molar-refractivity contribution in [2.24, 2.45) is 0 Å². The predicted molar refractivity (Wildman–Crippen MR) is 83.0 cm³/mol. The van der Waals surface area contributed by atoms with Crippen LogP contribution in [0.3, 0.4) is 0 Å². The minimum Gasteiger partial charge on any atom is -0.478 e. The number of ether oxygens (including phenoxy) is 1. The molecule has 0 aliphatic carbocycles. The van der Waals surface area contributed by atoms with Gasteiger partial charge in [-0.05, 0) is 35.7 Å². The molecule has 0 saturated carbocycles. The lowest BCUT2D eigenvalue weighted by Crippen LogP contribution is -2.17. The van der Waals surface area contributed by atoms with Gasteiger partial charge < -0.3 is 9.84 Å². The summed E-state index contributed by atoms with van der Waals surface area (Å²) in [6, 6.07) is 15.4. The number of rotatable bonds is 4. The van der Waals surface area contributed by atoms with Crippen molar-refractivity contribution in [3.8, 4) is 0 Å². The van der Waals surface area contributed by atoms with Gasteiger partial charge in [0.15, 0.2) is 0 Å². The molecule has 1 N–H and O–H groups in total. The Morgan fingerprint density at radius 2 is 2.10 bits per heavy atom. The maximum absolute atomic E-state index is 11.0. The molecular weight excluding hydrogens is 284 g/mol. The van der Waals surface area contributed by atoms with Gasteiger partial charge in [0.1, 0.15) is 0 Å². The van der Waals surface area contributed by atoms with E-state index in [9.17, 15) is 4.79 Å². The number of carboxylic acids is 1. The van der Waals surface area contributed by atoms with Crippen LogP contribution in [-0.2, 0) is 11.2 Å². The van der Waals surface area contributed by atoms with Crippen molar-refractivity contribution in [1.29, 1.82) is 0 Å². The average Bonchev–Trinajstić information content (AvgIpc) is 2.53. The molecule has 0 amide bonds. The second-order valence-electron chi connectivity index (χ2n) is 4.95. The molecule has 1 unspecified atom stereocenters.